The van der Waals surface area contributed by atoms with E-state index >= 15 is 0 Å². The molecule has 0 aliphatic rings. The minimum atomic E-state index is 1.12. The zero-order valence-corrected chi connectivity index (χ0v) is 8.71. The quantitative estimate of drug-likeness (QED) is 0.710. The molecule has 0 N–H and O–H groups in total. The molecule has 0 aromatic heterocycles. The summed E-state index contributed by atoms with van der Waals surface area (Å²) in [7, 11) is 0. The third-order valence-corrected chi connectivity index (χ3v) is 2.00. The van der Waals surface area contributed by atoms with Crippen molar-refractivity contribution in [3.8, 4) is 0 Å². The number of hydrogen-bond donors (Lipinski definition) is 0. The van der Waals surface area contributed by atoms with Crippen LogP contribution in [-0.4, -0.2) is 0 Å². The van der Waals surface area contributed by atoms with Crippen molar-refractivity contribution >= 4 is 28.7 Å². The molecule has 0 spiro atoms. The van der Waals surface area contributed by atoms with E-state index in [4.69, 9.17) is 0 Å². The molecule has 0 saturated heterocycles. The van der Waals surface area contributed by atoms with Gasteiger partial charge in [0.05, 0.1) is 0 Å². The lowest BCUT2D eigenvalue weighted by Crippen LogP contribution is -1.78. The van der Waals surface area contributed by atoms with Gasteiger partial charge in [0, 0.05) is 0 Å². The molecule has 0 nitrogen and oxygen atoms in total. The van der Waals surface area contributed by atoms with Crippen molar-refractivity contribution in [2.45, 2.75) is 13.3 Å². The van der Waals surface area contributed by atoms with E-state index in [9.17, 15) is 0 Å². The van der Waals surface area contributed by atoms with Crippen molar-refractivity contribution in [2.75, 3.05) is 0 Å². The molecule has 0 amide bonds. The molecule has 0 unspecified atom stereocenters. The first-order chi connectivity index (χ1) is 5.36. The van der Waals surface area contributed by atoms with Gasteiger partial charge in [-0.25, -0.2) is 0 Å². The fraction of sp³-hybridized carbons (Fsp3) is 0.200. The normalized spacial score (nSPS) is 10.7. The zero-order chi connectivity index (χ0) is 8.10. The third-order valence-electron chi connectivity index (χ3n) is 1.64. The summed E-state index contributed by atoms with van der Waals surface area (Å²) in [5, 5.41) is 0. The van der Waals surface area contributed by atoms with E-state index in [1.807, 2.05) is 4.08 Å². The van der Waals surface area contributed by atoms with Crippen molar-refractivity contribution in [2.24, 2.45) is 0 Å². The molecule has 0 radical (unpaired) electrons. The summed E-state index contributed by atoms with van der Waals surface area (Å²) in [6.45, 7) is 2.17. The predicted molar refractivity (Wildman–Crippen MR) is 58.9 cm³/mol. The summed E-state index contributed by atoms with van der Waals surface area (Å²) in [6, 6.07) is 8.64. The highest BCUT2D eigenvalue weighted by molar-refractivity contribution is 14.1. The fourth-order valence-corrected chi connectivity index (χ4v) is 1.35. The summed E-state index contributed by atoms with van der Waals surface area (Å²) >= 11 is 2.23. The van der Waals surface area contributed by atoms with Crippen molar-refractivity contribution in [3.05, 3.63) is 39.5 Å². The topological polar surface area (TPSA) is 0 Å². The molecule has 1 aromatic carbocycles. The van der Waals surface area contributed by atoms with E-state index in [1.54, 1.807) is 0 Å². The van der Waals surface area contributed by atoms with Gasteiger partial charge in [0.2, 0.25) is 0 Å². The van der Waals surface area contributed by atoms with Gasteiger partial charge in [-0.05, 0) is 27.7 Å². The summed E-state index contributed by atoms with van der Waals surface area (Å²) in [5.74, 6) is 0. The molecule has 0 aliphatic heterocycles. The first kappa shape index (κ1) is 8.78. The molecule has 0 fully saturated rings. The molecule has 58 valence electrons. The van der Waals surface area contributed by atoms with Gasteiger partial charge in [-0.1, -0.05) is 53.8 Å². The summed E-state index contributed by atoms with van der Waals surface area (Å²) in [6.07, 6.45) is 3.22. The monoisotopic (exact) mass is 258 g/mol. The van der Waals surface area contributed by atoms with E-state index in [2.05, 4.69) is 59.9 Å². The number of benzene rings is 1. The van der Waals surface area contributed by atoms with Crippen molar-refractivity contribution < 1.29 is 0 Å². The summed E-state index contributed by atoms with van der Waals surface area (Å²) in [5.41, 5.74) is 2.67. The van der Waals surface area contributed by atoms with Gasteiger partial charge in [0.1, 0.15) is 0 Å². The Morgan fingerprint density at radius 2 is 1.91 bits per heavy atom. The van der Waals surface area contributed by atoms with Gasteiger partial charge in [-0.2, -0.15) is 0 Å². The average molecular weight is 258 g/mol. The molecule has 0 bridgehead atoms. The van der Waals surface area contributed by atoms with Crippen LogP contribution in [0.2, 0.25) is 0 Å². The van der Waals surface area contributed by atoms with E-state index in [0.717, 1.165) is 6.42 Å². The van der Waals surface area contributed by atoms with Crippen LogP contribution in [0, 0.1) is 0 Å². The molecular weight excluding hydrogens is 247 g/mol. The molecule has 0 aliphatic carbocycles. The van der Waals surface area contributed by atoms with E-state index in [1.165, 1.54) is 11.1 Å². The van der Waals surface area contributed by atoms with Gasteiger partial charge in [0.15, 0.2) is 0 Å². The van der Waals surface area contributed by atoms with Crippen LogP contribution in [0.15, 0.2) is 28.3 Å². The Hall–Kier alpha value is -0.310. The molecule has 0 heterocycles. The Morgan fingerprint density at radius 1 is 1.27 bits per heavy atom. The average Bonchev–Trinajstić information content (AvgIpc) is 2.07. The Balaban J connectivity index is 2.82. The molecule has 1 aromatic rings. The minimum absolute atomic E-state index is 1.12. The summed E-state index contributed by atoms with van der Waals surface area (Å²) < 4.78 is 2.03. The third kappa shape index (κ3) is 2.66. The van der Waals surface area contributed by atoms with Crippen molar-refractivity contribution in [1.29, 1.82) is 0 Å². The van der Waals surface area contributed by atoms with Crippen LogP contribution in [0.4, 0.5) is 0 Å². The van der Waals surface area contributed by atoms with Gasteiger partial charge in [-0.15, -0.1) is 0 Å². The Morgan fingerprint density at radius 3 is 2.36 bits per heavy atom. The molecular formula is C10H11I. The minimum Gasteiger partial charge on any atom is -0.0613 e. The Bertz CT molecular complexity index is 234. The van der Waals surface area contributed by atoms with Crippen molar-refractivity contribution in [3.63, 3.8) is 0 Å². The smallest absolute Gasteiger partial charge is 0.0228 e. The van der Waals surface area contributed by atoms with Crippen LogP contribution in [0.25, 0.3) is 6.08 Å². The van der Waals surface area contributed by atoms with Crippen LogP contribution < -0.4 is 0 Å². The largest absolute Gasteiger partial charge is 0.0613 e. The first-order valence-corrected chi connectivity index (χ1v) is 4.97. The van der Waals surface area contributed by atoms with Crippen LogP contribution in [0.1, 0.15) is 18.1 Å². The van der Waals surface area contributed by atoms with Crippen LogP contribution in [-0.2, 0) is 6.42 Å². The number of rotatable bonds is 2. The lowest BCUT2D eigenvalue weighted by Gasteiger charge is -1.95. The molecule has 1 rings (SSSR count). The second-order valence-electron chi connectivity index (χ2n) is 2.39. The maximum absolute atomic E-state index is 2.23. The van der Waals surface area contributed by atoms with Gasteiger partial charge >= 0.3 is 0 Å². The van der Waals surface area contributed by atoms with E-state index < -0.39 is 0 Å². The lowest BCUT2D eigenvalue weighted by atomic mass is 10.1. The van der Waals surface area contributed by atoms with Crippen LogP contribution >= 0.6 is 22.6 Å². The van der Waals surface area contributed by atoms with E-state index in [-0.39, 0.29) is 0 Å². The first-order valence-electron chi connectivity index (χ1n) is 3.72. The maximum atomic E-state index is 2.23. The standard InChI is InChI=1S/C10H11I/c1-2-9-3-5-10(6-4-9)7-8-11/h3-8H,2H2,1H3/b8-7+. The Kier molecular flexibility index (Phi) is 3.63. The molecule has 11 heavy (non-hydrogen) atoms. The van der Waals surface area contributed by atoms with E-state index in [0.29, 0.717) is 0 Å². The zero-order valence-electron chi connectivity index (χ0n) is 6.55. The highest BCUT2D eigenvalue weighted by Gasteiger charge is 1.87. The molecule has 0 atom stereocenters. The van der Waals surface area contributed by atoms with Gasteiger partial charge in [0.25, 0.3) is 0 Å². The molecule has 1 heteroatoms. The molecule has 0 saturated carbocycles. The van der Waals surface area contributed by atoms with Crippen LogP contribution in [0.5, 0.6) is 0 Å². The summed E-state index contributed by atoms with van der Waals surface area (Å²) in [4.78, 5) is 0. The Labute approximate surface area is 81.5 Å². The van der Waals surface area contributed by atoms with Crippen molar-refractivity contribution in [1.82, 2.24) is 0 Å². The van der Waals surface area contributed by atoms with Gasteiger partial charge < -0.3 is 0 Å². The van der Waals surface area contributed by atoms with Crippen LogP contribution in [0.3, 0.4) is 0 Å². The fourth-order valence-electron chi connectivity index (χ4n) is 0.937. The van der Waals surface area contributed by atoms with Gasteiger partial charge in [-0.3, -0.25) is 0 Å². The number of aryl methyl sites for hydroxylation is 1. The SMILES string of the molecule is CCc1ccc(/C=C/I)cc1. The predicted octanol–water partition coefficient (Wildman–Crippen LogP) is 3.65. The number of halogens is 1. The second-order valence-corrected chi connectivity index (χ2v) is 3.11. The lowest BCUT2D eigenvalue weighted by molar-refractivity contribution is 1.14. The maximum Gasteiger partial charge on any atom is -0.0228 e. The highest BCUT2D eigenvalue weighted by atomic mass is 127. The number of hydrogen-bond acceptors (Lipinski definition) is 0. The second kappa shape index (κ2) is 4.54. The highest BCUT2D eigenvalue weighted by Crippen LogP contribution is 2.07.